The minimum atomic E-state index is -1.71. The summed E-state index contributed by atoms with van der Waals surface area (Å²) in [4.78, 5) is 25.9. The summed E-state index contributed by atoms with van der Waals surface area (Å²) in [5.41, 5.74) is 1.68. The third-order valence-corrected chi connectivity index (χ3v) is 7.52. The van der Waals surface area contributed by atoms with Crippen molar-refractivity contribution in [3.05, 3.63) is 108 Å². The highest BCUT2D eigenvalue weighted by Gasteiger charge is 2.61. The normalized spacial score (nSPS) is 25.2. The van der Waals surface area contributed by atoms with Gasteiger partial charge < -0.3 is 24.1 Å². The molecular formula is C32H34O7. The fourth-order valence-corrected chi connectivity index (χ4v) is 5.47. The molecule has 1 aliphatic carbocycles. The molecule has 0 bridgehead atoms. The molecule has 0 amide bonds. The van der Waals surface area contributed by atoms with Crippen molar-refractivity contribution in [1.82, 2.24) is 0 Å². The molecule has 0 aromatic heterocycles. The van der Waals surface area contributed by atoms with Crippen LogP contribution in [0.1, 0.15) is 58.4 Å². The van der Waals surface area contributed by atoms with E-state index in [4.69, 9.17) is 18.9 Å². The highest BCUT2D eigenvalue weighted by molar-refractivity contribution is 5.90. The molecule has 0 unspecified atom stereocenters. The Morgan fingerprint density at radius 1 is 0.795 bits per heavy atom. The average molecular weight is 531 g/mol. The van der Waals surface area contributed by atoms with Crippen molar-refractivity contribution < 1.29 is 33.6 Å². The number of aliphatic hydroxyl groups is 1. The fraction of sp³-hybridized carbons (Fsp3) is 0.375. The third kappa shape index (κ3) is 6.38. The van der Waals surface area contributed by atoms with Gasteiger partial charge in [-0.15, -0.1) is 0 Å². The summed E-state index contributed by atoms with van der Waals surface area (Å²) < 4.78 is 24.2. The zero-order valence-corrected chi connectivity index (χ0v) is 21.8. The van der Waals surface area contributed by atoms with Crippen molar-refractivity contribution in [3.8, 4) is 0 Å². The van der Waals surface area contributed by atoms with Gasteiger partial charge in [-0.25, -0.2) is 9.59 Å². The highest BCUT2D eigenvalue weighted by Crippen LogP contribution is 2.45. The lowest BCUT2D eigenvalue weighted by atomic mass is 9.80. The van der Waals surface area contributed by atoms with E-state index in [-0.39, 0.29) is 19.1 Å². The van der Waals surface area contributed by atoms with Crippen LogP contribution in [0.15, 0.2) is 91.0 Å². The standard InChI is InChI=1S/C32H34O7/c33-30(24-15-7-2-8-16-24)37-22-27-28(38-31(34)25-17-9-3-10-18-25)29(36-21-23-13-5-1-6-14-23)32(35,39-27)26-19-11-4-12-20-26/h1-3,5-10,13-18,26-29,35H,4,11-12,19-22H2/t27-,28-,29+,32+/m1/s1. The van der Waals surface area contributed by atoms with E-state index in [0.29, 0.717) is 11.1 Å². The zero-order valence-electron chi connectivity index (χ0n) is 21.8. The Balaban J connectivity index is 1.42. The molecule has 1 aliphatic heterocycles. The van der Waals surface area contributed by atoms with E-state index in [9.17, 15) is 14.7 Å². The van der Waals surface area contributed by atoms with Crippen molar-refractivity contribution in [2.24, 2.45) is 5.92 Å². The van der Waals surface area contributed by atoms with E-state index in [1.54, 1.807) is 48.5 Å². The van der Waals surface area contributed by atoms with Crippen LogP contribution < -0.4 is 0 Å². The molecule has 0 spiro atoms. The molecule has 204 valence electrons. The van der Waals surface area contributed by atoms with E-state index < -0.39 is 36.0 Å². The van der Waals surface area contributed by atoms with Gasteiger partial charge in [0.15, 0.2) is 18.0 Å². The summed E-state index contributed by atoms with van der Waals surface area (Å²) in [7, 11) is 0. The second-order valence-corrected chi connectivity index (χ2v) is 10.2. The first-order valence-corrected chi connectivity index (χ1v) is 13.6. The smallest absolute Gasteiger partial charge is 0.338 e. The number of carbonyl (C=O) groups excluding carboxylic acids is 2. The van der Waals surface area contributed by atoms with Gasteiger partial charge in [0.1, 0.15) is 12.7 Å². The van der Waals surface area contributed by atoms with Gasteiger partial charge in [0.25, 0.3) is 0 Å². The molecule has 2 aliphatic rings. The Hall–Kier alpha value is -3.52. The van der Waals surface area contributed by atoms with Crippen LogP contribution in [0, 0.1) is 5.92 Å². The monoisotopic (exact) mass is 530 g/mol. The first-order chi connectivity index (χ1) is 19.0. The van der Waals surface area contributed by atoms with E-state index >= 15 is 0 Å². The zero-order chi connectivity index (χ0) is 27.1. The van der Waals surface area contributed by atoms with Gasteiger partial charge in [0.2, 0.25) is 0 Å². The number of hydrogen-bond acceptors (Lipinski definition) is 7. The van der Waals surface area contributed by atoms with Crippen LogP contribution in [0.2, 0.25) is 0 Å². The van der Waals surface area contributed by atoms with E-state index in [0.717, 1.165) is 37.7 Å². The molecule has 5 rings (SSSR count). The SMILES string of the molecule is O=C(OC[C@H]1O[C@@](O)(C2CCCCC2)[C@@H](OCc2ccccc2)[C@@H]1OC(=O)c1ccccc1)c1ccccc1. The number of ether oxygens (including phenoxy) is 4. The number of benzene rings is 3. The van der Waals surface area contributed by atoms with Gasteiger partial charge in [-0.2, -0.15) is 0 Å². The van der Waals surface area contributed by atoms with Crippen LogP contribution in [0.4, 0.5) is 0 Å². The van der Waals surface area contributed by atoms with Gasteiger partial charge in [0.05, 0.1) is 17.7 Å². The topological polar surface area (TPSA) is 91.3 Å². The second kappa shape index (κ2) is 12.6. The average Bonchev–Trinajstić information content (AvgIpc) is 3.27. The van der Waals surface area contributed by atoms with Crippen molar-refractivity contribution in [3.63, 3.8) is 0 Å². The molecule has 7 heteroatoms. The Morgan fingerprint density at radius 3 is 1.97 bits per heavy atom. The number of hydrogen-bond donors (Lipinski definition) is 1. The summed E-state index contributed by atoms with van der Waals surface area (Å²) in [6, 6.07) is 26.9. The van der Waals surface area contributed by atoms with Crippen LogP contribution >= 0.6 is 0 Å². The maximum Gasteiger partial charge on any atom is 0.338 e. The molecule has 7 nitrogen and oxygen atoms in total. The molecule has 2 fully saturated rings. The highest BCUT2D eigenvalue weighted by atomic mass is 16.7. The molecule has 4 atom stereocenters. The van der Waals surface area contributed by atoms with Crippen LogP contribution in [-0.4, -0.2) is 47.8 Å². The number of carbonyl (C=O) groups is 2. The maximum atomic E-state index is 13.2. The molecule has 1 heterocycles. The summed E-state index contributed by atoms with van der Waals surface area (Å²) >= 11 is 0. The van der Waals surface area contributed by atoms with Crippen molar-refractivity contribution in [2.75, 3.05) is 6.61 Å². The van der Waals surface area contributed by atoms with Crippen molar-refractivity contribution >= 4 is 11.9 Å². The minimum Gasteiger partial charge on any atom is -0.459 e. The van der Waals surface area contributed by atoms with Gasteiger partial charge in [-0.05, 0) is 42.7 Å². The van der Waals surface area contributed by atoms with Gasteiger partial charge >= 0.3 is 11.9 Å². The van der Waals surface area contributed by atoms with Crippen molar-refractivity contribution in [1.29, 1.82) is 0 Å². The van der Waals surface area contributed by atoms with Crippen molar-refractivity contribution in [2.45, 2.75) is 62.8 Å². The summed E-state index contributed by atoms with van der Waals surface area (Å²) in [6.45, 7) is -0.0134. The minimum absolute atomic E-state index is 0.194. The fourth-order valence-electron chi connectivity index (χ4n) is 5.47. The molecule has 0 radical (unpaired) electrons. The first-order valence-electron chi connectivity index (χ1n) is 13.6. The van der Waals surface area contributed by atoms with Gasteiger partial charge in [0, 0.05) is 5.92 Å². The Labute approximate surface area is 228 Å². The molecule has 1 saturated carbocycles. The lowest BCUT2D eigenvalue weighted by Crippen LogP contribution is -2.51. The Kier molecular flexibility index (Phi) is 8.71. The number of rotatable bonds is 9. The summed E-state index contributed by atoms with van der Waals surface area (Å²) in [5, 5.41) is 12.1. The van der Waals surface area contributed by atoms with Gasteiger partial charge in [-0.1, -0.05) is 86.0 Å². The molecule has 1 N–H and O–H groups in total. The molecule has 39 heavy (non-hydrogen) atoms. The largest absolute Gasteiger partial charge is 0.459 e. The maximum absolute atomic E-state index is 13.2. The Morgan fingerprint density at radius 2 is 1.36 bits per heavy atom. The van der Waals surface area contributed by atoms with E-state index in [2.05, 4.69) is 0 Å². The number of esters is 2. The Bertz CT molecular complexity index is 1210. The van der Waals surface area contributed by atoms with Crippen LogP contribution in [0.25, 0.3) is 0 Å². The van der Waals surface area contributed by atoms with Crippen LogP contribution in [0.5, 0.6) is 0 Å². The van der Waals surface area contributed by atoms with E-state index in [1.165, 1.54) is 0 Å². The third-order valence-electron chi connectivity index (χ3n) is 7.52. The van der Waals surface area contributed by atoms with E-state index in [1.807, 2.05) is 42.5 Å². The molecule has 1 saturated heterocycles. The predicted molar refractivity (Wildman–Crippen MR) is 144 cm³/mol. The predicted octanol–water partition coefficient (Wildman–Crippen LogP) is 5.32. The quantitative estimate of drug-likeness (QED) is 0.374. The summed E-state index contributed by atoms with van der Waals surface area (Å²) in [6.07, 6.45) is 1.64. The molecular weight excluding hydrogens is 496 g/mol. The first kappa shape index (κ1) is 27.1. The second-order valence-electron chi connectivity index (χ2n) is 10.2. The molecule has 3 aromatic rings. The van der Waals surface area contributed by atoms with Gasteiger partial charge in [-0.3, -0.25) is 0 Å². The lowest BCUT2D eigenvalue weighted by molar-refractivity contribution is -0.275. The van der Waals surface area contributed by atoms with Crippen LogP contribution in [0.3, 0.4) is 0 Å². The van der Waals surface area contributed by atoms with Crippen LogP contribution in [-0.2, 0) is 25.6 Å². The lowest BCUT2D eigenvalue weighted by Gasteiger charge is -2.38. The summed E-state index contributed by atoms with van der Waals surface area (Å²) in [5.74, 6) is -3.01. The molecule has 3 aromatic carbocycles.